The van der Waals surface area contributed by atoms with Crippen LogP contribution in [0.4, 0.5) is 5.82 Å². The molecule has 0 fully saturated rings. The molecule has 3 heterocycles. The van der Waals surface area contributed by atoms with Gasteiger partial charge in [-0.2, -0.15) is 10.2 Å². The number of anilines is 1. The molecule has 3 aromatic rings. The zero-order valence-electron chi connectivity index (χ0n) is 13.8. The number of nitrogen functional groups attached to an aromatic ring is 1. The number of hydrogen-bond acceptors (Lipinski definition) is 7. The SMILES string of the molecule is Nc1nc(-n2nccn2)c(Cl)nc1C(=O)NCc1cccc2c1C(=O)NC2. The molecule has 1 aliphatic rings. The Morgan fingerprint density at radius 3 is 2.85 bits per heavy atom. The smallest absolute Gasteiger partial charge is 0.274 e. The summed E-state index contributed by atoms with van der Waals surface area (Å²) in [6, 6.07) is 5.47. The van der Waals surface area contributed by atoms with Crippen LogP contribution in [0.5, 0.6) is 0 Å². The average Bonchev–Trinajstić information content (AvgIpc) is 3.32. The third-order valence-corrected chi connectivity index (χ3v) is 4.28. The lowest BCUT2D eigenvalue weighted by Gasteiger charge is -2.10. The molecule has 0 unspecified atom stereocenters. The summed E-state index contributed by atoms with van der Waals surface area (Å²) in [6.45, 7) is 0.615. The van der Waals surface area contributed by atoms with Crippen molar-refractivity contribution >= 4 is 29.2 Å². The Bertz CT molecular complexity index is 1050. The number of halogens is 1. The number of nitrogens with one attached hydrogen (secondary N) is 2. The molecule has 0 bridgehead atoms. The minimum absolute atomic E-state index is 0.0643. The van der Waals surface area contributed by atoms with E-state index in [9.17, 15) is 9.59 Å². The van der Waals surface area contributed by atoms with Gasteiger partial charge in [-0.25, -0.2) is 9.97 Å². The maximum absolute atomic E-state index is 12.5. The summed E-state index contributed by atoms with van der Waals surface area (Å²) < 4.78 is 0. The molecule has 136 valence electrons. The minimum Gasteiger partial charge on any atom is -0.382 e. The fourth-order valence-corrected chi connectivity index (χ4v) is 3.00. The number of hydrogen-bond donors (Lipinski definition) is 3. The van der Waals surface area contributed by atoms with Gasteiger partial charge in [-0.1, -0.05) is 29.8 Å². The molecular formula is C16H13ClN8O2. The molecule has 4 rings (SSSR count). The van der Waals surface area contributed by atoms with Crippen LogP contribution in [0.3, 0.4) is 0 Å². The van der Waals surface area contributed by atoms with Crippen molar-refractivity contribution in [1.82, 2.24) is 35.6 Å². The lowest BCUT2D eigenvalue weighted by atomic mass is 10.0. The molecule has 27 heavy (non-hydrogen) atoms. The first-order chi connectivity index (χ1) is 13.0. The maximum Gasteiger partial charge on any atom is 0.274 e. The average molecular weight is 385 g/mol. The summed E-state index contributed by atoms with van der Waals surface area (Å²) in [6.07, 6.45) is 2.90. The summed E-state index contributed by atoms with van der Waals surface area (Å²) in [5, 5.41) is 13.2. The van der Waals surface area contributed by atoms with Gasteiger partial charge in [0.25, 0.3) is 11.8 Å². The van der Waals surface area contributed by atoms with E-state index in [1.807, 2.05) is 12.1 Å². The zero-order chi connectivity index (χ0) is 19.0. The molecule has 2 amide bonds. The molecule has 0 saturated carbocycles. The van der Waals surface area contributed by atoms with E-state index in [0.717, 1.165) is 10.4 Å². The van der Waals surface area contributed by atoms with Gasteiger partial charge < -0.3 is 16.4 Å². The number of amides is 2. The van der Waals surface area contributed by atoms with Gasteiger partial charge in [0.2, 0.25) is 5.82 Å². The summed E-state index contributed by atoms with van der Waals surface area (Å²) in [5.74, 6) is -0.709. The number of fused-ring (bicyclic) bond motifs is 1. The largest absolute Gasteiger partial charge is 0.382 e. The zero-order valence-corrected chi connectivity index (χ0v) is 14.6. The first-order valence-electron chi connectivity index (χ1n) is 7.91. The van der Waals surface area contributed by atoms with Gasteiger partial charge in [-0.15, -0.1) is 4.80 Å². The van der Waals surface area contributed by atoms with Crippen LogP contribution >= 0.6 is 11.6 Å². The highest BCUT2D eigenvalue weighted by molar-refractivity contribution is 6.31. The predicted octanol–water partition coefficient (Wildman–Crippen LogP) is 0.466. The van der Waals surface area contributed by atoms with E-state index in [1.54, 1.807) is 6.07 Å². The molecule has 0 spiro atoms. The van der Waals surface area contributed by atoms with Gasteiger partial charge >= 0.3 is 0 Å². The van der Waals surface area contributed by atoms with Crippen molar-refractivity contribution < 1.29 is 9.59 Å². The number of carbonyl (C=O) groups excluding carboxylic acids is 2. The van der Waals surface area contributed by atoms with E-state index in [4.69, 9.17) is 17.3 Å². The number of rotatable bonds is 4. The second kappa shape index (κ2) is 6.65. The van der Waals surface area contributed by atoms with Crippen LogP contribution in [0.2, 0.25) is 5.15 Å². The van der Waals surface area contributed by atoms with Crippen molar-refractivity contribution in [2.75, 3.05) is 5.73 Å². The van der Waals surface area contributed by atoms with Gasteiger partial charge in [-0.3, -0.25) is 9.59 Å². The number of carbonyl (C=O) groups is 2. The van der Waals surface area contributed by atoms with Crippen molar-refractivity contribution in [2.24, 2.45) is 0 Å². The normalized spacial score (nSPS) is 12.6. The van der Waals surface area contributed by atoms with Crippen LogP contribution < -0.4 is 16.4 Å². The van der Waals surface area contributed by atoms with Crippen molar-refractivity contribution in [1.29, 1.82) is 0 Å². The Hall–Kier alpha value is -3.53. The molecule has 1 aromatic carbocycles. The highest BCUT2D eigenvalue weighted by Crippen LogP contribution is 2.21. The number of benzene rings is 1. The van der Waals surface area contributed by atoms with E-state index in [-0.39, 0.29) is 34.9 Å². The Balaban J connectivity index is 1.55. The summed E-state index contributed by atoms with van der Waals surface area (Å²) in [7, 11) is 0. The Morgan fingerprint density at radius 1 is 1.30 bits per heavy atom. The molecule has 0 saturated heterocycles. The third-order valence-electron chi connectivity index (χ3n) is 4.03. The Labute approximate surface area is 157 Å². The van der Waals surface area contributed by atoms with Crippen LogP contribution in [0.15, 0.2) is 30.6 Å². The fourth-order valence-electron chi connectivity index (χ4n) is 2.80. The van der Waals surface area contributed by atoms with Crippen LogP contribution in [0.25, 0.3) is 5.82 Å². The lowest BCUT2D eigenvalue weighted by molar-refractivity contribution is 0.0937. The molecule has 1 aliphatic heterocycles. The predicted molar refractivity (Wildman–Crippen MR) is 95.2 cm³/mol. The first-order valence-corrected chi connectivity index (χ1v) is 8.29. The molecule has 10 nitrogen and oxygen atoms in total. The monoisotopic (exact) mass is 384 g/mol. The first kappa shape index (κ1) is 16.9. The highest BCUT2D eigenvalue weighted by atomic mass is 35.5. The Kier molecular flexibility index (Phi) is 4.16. The lowest BCUT2D eigenvalue weighted by Crippen LogP contribution is -2.27. The molecule has 4 N–H and O–H groups in total. The quantitative estimate of drug-likeness (QED) is 0.593. The van der Waals surface area contributed by atoms with Crippen LogP contribution in [-0.2, 0) is 13.1 Å². The van der Waals surface area contributed by atoms with E-state index < -0.39 is 5.91 Å². The topological polar surface area (TPSA) is 141 Å². The molecule has 0 atom stereocenters. The van der Waals surface area contributed by atoms with E-state index in [2.05, 4.69) is 30.8 Å². The van der Waals surface area contributed by atoms with Gasteiger partial charge in [0.15, 0.2) is 16.7 Å². The summed E-state index contributed by atoms with van der Waals surface area (Å²) in [4.78, 5) is 33.7. The van der Waals surface area contributed by atoms with E-state index in [1.165, 1.54) is 12.4 Å². The minimum atomic E-state index is -0.558. The number of nitrogens with two attached hydrogens (primary N) is 1. The van der Waals surface area contributed by atoms with Crippen LogP contribution in [-0.4, -0.2) is 36.8 Å². The van der Waals surface area contributed by atoms with Gasteiger partial charge in [0.05, 0.1) is 12.4 Å². The molecular weight excluding hydrogens is 372 g/mol. The highest BCUT2D eigenvalue weighted by Gasteiger charge is 2.23. The second-order valence-electron chi connectivity index (χ2n) is 5.71. The maximum atomic E-state index is 12.5. The summed E-state index contributed by atoms with van der Waals surface area (Å²) in [5.41, 5.74) is 7.91. The van der Waals surface area contributed by atoms with Gasteiger partial charge in [0.1, 0.15) is 0 Å². The molecule has 0 radical (unpaired) electrons. The van der Waals surface area contributed by atoms with Crippen molar-refractivity contribution in [3.8, 4) is 5.82 Å². The fraction of sp³-hybridized carbons (Fsp3) is 0.125. The number of nitrogens with zero attached hydrogens (tertiary/aromatic N) is 5. The third kappa shape index (κ3) is 3.06. The van der Waals surface area contributed by atoms with E-state index >= 15 is 0 Å². The molecule has 0 aliphatic carbocycles. The van der Waals surface area contributed by atoms with E-state index in [0.29, 0.717) is 17.7 Å². The number of aromatic nitrogens is 5. The standard InChI is InChI=1S/C16H13ClN8O2/c17-12-14(25-21-4-5-22-25)24-13(18)11(23-12)16(27)20-7-9-3-1-2-8-6-19-15(26)10(8)9/h1-5H,6-7H2,(H2,18,24)(H,19,26)(H,20,27). The molecule has 2 aromatic heterocycles. The molecule has 11 heteroatoms. The second-order valence-corrected chi connectivity index (χ2v) is 6.07. The Morgan fingerprint density at radius 2 is 2.07 bits per heavy atom. The van der Waals surface area contributed by atoms with Gasteiger partial charge in [0, 0.05) is 18.7 Å². The van der Waals surface area contributed by atoms with Crippen LogP contribution in [0.1, 0.15) is 32.0 Å². The van der Waals surface area contributed by atoms with Crippen LogP contribution in [0, 0.1) is 0 Å². The van der Waals surface area contributed by atoms with Crippen molar-refractivity contribution in [3.05, 3.63) is 58.1 Å². The summed E-state index contributed by atoms with van der Waals surface area (Å²) >= 11 is 6.09. The van der Waals surface area contributed by atoms with Gasteiger partial charge in [-0.05, 0) is 11.1 Å². The van der Waals surface area contributed by atoms with Crippen molar-refractivity contribution in [3.63, 3.8) is 0 Å². The van der Waals surface area contributed by atoms with Crippen molar-refractivity contribution in [2.45, 2.75) is 13.1 Å².